The van der Waals surface area contributed by atoms with Crippen molar-refractivity contribution in [2.24, 2.45) is 28.1 Å². The summed E-state index contributed by atoms with van der Waals surface area (Å²) in [7, 11) is 6.19. The number of ether oxygens (including phenoxy) is 5. The first-order valence-electron chi connectivity index (χ1n) is 22.6. The number of benzene rings is 1. The second-order valence-corrected chi connectivity index (χ2v) is 21.7. The van der Waals surface area contributed by atoms with Gasteiger partial charge in [0.25, 0.3) is 0 Å². The number of carbonyl (C=O) groups is 4. The summed E-state index contributed by atoms with van der Waals surface area (Å²) in [5.74, 6) is -3.19. The molecule has 5 aliphatic heterocycles. The summed E-state index contributed by atoms with van der Waals surface area (Å²) in [4.78, 5) is 63.3. The van der Waals surface area contributed by atoms with Crippen LogP contribution in [0.3, 0.4) is 0 Å². The molecule has 3 fully saturated rings. The maximum atomic E-state index is 15.5. The van der Waals surface area contributed by atoms with Crippen LogP contribution in [0.2, 0.25) is 0 Å². The number of carbonyl (C=O) groups excluding carboxylic acids is 4. The Kier molecular flexibility index (Phi) is 11.8. The fourth-order valence-electron chi connectivity index (χ4n) is 14.1. The molecule has 13 nitrogen and oxygen atoms in total. The number of likely N-dealkylation sites (N-methyl/N-ethyl adjacent to an activating group) is 1. The summed E-state index contributed by atoms with van der Waals surface area (Å²) < 4.78 is 27.8. The van der Waals surface area contributed by atoms with Gasteiger partial charge >= 0.3 is 23.9 Å². The number of hydrogen-bond donors (Lipinski definition) is 1. The zero-order chi connectivity index (χ0) is 46.6. The van der Waals surface area contributed by atoms with Crippen LogP contribution in [0.5, 0.6) is 0 Å². The van der Waals surface area contributed by atoms with Crippen LogP contribution in [-0.4, -0.2) is 145 Å². The normalized spacial score (nSPS) is 36.7. The lowest BCUT2D eigenvalue weighted by Crippen LogP contribution is -2.79. The number of allylic oxidation sites excluding steroid dienone is 1. The van der Waals surface area contributed by atoms with Crippen LogP contribution in [0.4, 0.5) is 0 Å². The molecule has 11 atom stereocenters. The average molecular weight is 955 g/mol. The number of nitrogens with zero attached hydrogens (tertiary/aromatic N) is 3. The molecular formula is C49H58Cl3N3O10. The molecule has 350 valence electrons. The van der Waals surface area contributed by atoms with Crippen molar-refractivity contribution in [3.8, 4) is 0 Å². The van der Waals surface area contributed by atoms with Gasteiger partial charge in [-0.1, -0.05) is 84.6 Å². The Morgan fingerprint density at radius 2 is 1.74 bits per heavy atom. The lowest BCUT2D eigenvalue weighted by Gasteiger charge is -2.63. The van der Waals surface area contributed by atoms with E-state index in [2.05, 4.69) is 28.9 Å². The van der Waals surface area contributed by atoms with Gasteiger partial charge in [0, 0.05) is 75.7 Å². The Morgan fingerprint density at radius 1 is 0.985 bits per heavy atom. The minimum absolute atomic E-state index is 0.0248. The largest absolute Gasteiger partial charge is 0.468 e. The van der Waals surface area contributed by atoms with Crippen LogP contribution in [0.15, 0.2) is 71.0 Å². The topological polar surface area (TPSA) is 144 Å². The van der Waals surface area contributed by atoms with E-state index in [0.29, 0.717) is 57.4 Å². The predicted octanol–water partition coefficient (Wildman–Crippen LogP) is 6.00. The van der Waals surface area contributed by atoms with E-state index in [0.717, 1.165) is 46.5 Å². The highest BCUT2D eigenvalue weighted by Gasteiger charge is 2.81. The number of esters is 4. The molecular weight excluding hydrogens is 897 g/mol. The van der Waals surface area contributed by atoms with Crippen molar-refractivity contribution in [2.45, 2.75) is 86.6 Å². The molecule has 65 heavy (non-hydrogen) atoms. The molecule has 3 aliphatic carbocycles. The molecule has 1 spiro atoms. The Balaban J connectivity index is 1.29. The van der Waals surface area contributed by atoms with E-state index < -0.39 is 80.3 Å². The van der Waals surface area contributed by atoms with Gasteiger partial charge in [-0.3, -0.25) is 19.4 Å². The van der Waals surface area contributed by atoms with Gasteiger partial charge in [0.1, 0.15) is 6.61 Å². The fourth-order valence-corrected chi connectivity index (χ4v) is 14.2. The molecule has 0 amide bonds. The molecule has 1 saturated carbocycles. The molecule has 3 unspecified atom stereocenters. The van der Waals surface area contributed by atoms with Crippen LogP contribution in [0, 0.1) is 28.1 Å². The summed E-state index contributed by atoms with van der Waals surface area (Å²) in [5, 5.41) is 13.4. The molecule has 0 radical (unpaired) electrons. The zero-order valence-corrected chi connectivity index (χ0v) is 40.2. The third-order valence-electron chi connectivity index (χ3n) is 16.2. The first-order chi connectivity index (χ1) is 30.9. The van der Waals surface area contributed by atoms with Crippen molar-refractivity contribution < 1.29 is 48.0 Å². The van der Waals surface area contributed by atoms with E-state index in [-0.39, 0.29) is 12.0 Å². The monoisotopic (exact) mass is 953 g/mol. The van der Waals surface area contributed by atoms with Crippen LogP contribution in [0.25, 0.3) is 5.57 Å². The van der Waals surface area contributed by atoms with E-state index in [4.69, 9.17) is 58.5 Å². The molecule has 1 N–H and O–H groups in total. The maximum Gasteiger partial charge on any atom is 0.344 e. The van der Waals surface area contributed by atoms with E-state index >= 15 is 4.79 Å². The second-order valence-electron chi connectivity index (χ2n) is 19.2. The van der Waals surface area contributed by atoms with Crippen LogP contribution >= 0.6 is 34.8 Å². The maximum absolute atomic E-state index is 15.5. The number of alkyl halides is 3. The molecule has 0 aromatic heterocycles. The molecule has 1 aromatic rings. The van der Waals surface area contributed by atoms with E-state index in [1.165, 1.54) is 26.7 Å². The average Bonchev–Trinajstić information content (AvgIpc) is 3.93. The second kappa shape index (κ2) is 16.5. The summed E-state index contributed by atoms with van der Waals surface area (Å²) in [6.45, 7) is 8.30. The van der Waals surface area contributed by atoms with Crippen LogP contribution in [-0.2, 0) is 44.5 Å². The van der Waals surface area contributed by atoms with E-state index in [1.807, 2.05) is 49.2 Å². The van der Waals surface area contributed by atoms with Gasteiger partial charge in [-0.15, -0.1) is 0 Å². The minimum atomic E-state index is -2.32. The van der Waals surface area contributed by atoms with E-state index in [9.17, 15) is 19.5 Å². The first kappa shape index (κ1) is 46.4. The third-order valence-corrected chi connectivity index (χ3v) is 16.5. The van der Waals surface area contributed by atoms with Gasteiger partial charge in [0.15, 0.2) is 6.10 Å². The van der Waals surface area contributed by atoms with Gasteiger partial charge in [-0.2, -0.15) is 0 Å². The highest BCUT2D eigenvalue weighted by Crippen LogP contribution is 2.70. The molecule has 16 heteroatoms. The molecule has 9 rings (SSSR count). The summed E-state index contributed by atoms with van der Waals surface area (Å²) in [6, 6.07) is 4.19. The van der Waals surface area contributed by atoms with Crippen molar-refractivity contribution >= 4 is 64.3 Å². The lowest BCUT2D eigenvalue weighted by molar-refractivity contribution is -0.243. The van der Waals surface area contributed by atoms with Crippen LogP contribution in [0.1, 0.15) is 67.9 Å². The molecule has 1 aromatic carbocycles. The molecule has 8 aliphatic rings. The molecule has 2 saturated heterocycles. The summed E-state index contributed by atoms with van der Waals surface area (Å²) in [5.41, 5.74) is 1.36. The molecule has 2 bridgehead atoms. The Bertz CT molecular complexity index is 2370. The number of likely N-dealkylation sites (tertiary alicyclic amines) is 1. The Labute approximate surface area is 395 Å². The fraction of sp³-hybridized carbons (Fsp3) is 0.592. The van der Waals surface area contributed by atoms with E-state index in [1.54, 1.807) is 13.2 Å². The number of fused-ring (bicyclic) bond motifs is 5. The Hall–Kier alpha value is -3.69. The number of hydrogen-bond acceptors (Lipinski definition) is 13. The van der Waals surface area contributed by atoms with Crippen LogP contribution < -0.4 is 0 Å². The number of aliphatic hydroxyl groups is 1. The SMILES string of the molecule is CCC1=C[C@H]2CN(C1)CC1=C(Cc3ccc(C(=O)OCC(Cl)(Cl)Cl)cc31)[C@@](C(=O)OC)(C1C=C3C(=CC1OC)N(C)[C@H]1[C@@](O)(C(=O)OC)[C@H](OC(C)=O)[C@]4(CC)C=CCN5CC[C@]31[C@@H]54)C2. The van der Waals surface area contributed by atoms with Gasteiger partial charge in [0.2, 0.25) is 9.39 Å². The van der Waals surface area contributed by atoms with Gasteiger partial charge < -0.3 is 33.7 Å². The van der Waals surface area contributed by atoms with Gasteiger partial charge in [0.05, 0.1) is 37.3 Å². The third kappa shape index (κ3) is 6.75. The smallest absolute Gasteiger partial charge is 0.344 e. The van der Waals surface area contributed by atoms with Gasteiger partial charge in [-0.05, 0) is 90.6 Å². The highest BCUT2D eigenvalue weighted by molar-refractivity contribution is 6.67. The van der Waals surface area contributed by atoms with Crippen molar-refractivity contribution in [1.82, 2.24) is 14.7 Å². The minimum Gasteiger partial charge on any atom is -0.468 e. The predicted molar refractivity (Wildman–Crippen MR) is 244 cm³/mol. The lowest BCUT2D eigenvalue weighted by atomic mass is 9.47. The van der Waals surface area contributed by atoms with Crippen molar-refractivity contribution in [3.63, 3.8) is 0 Å². The highest BCUT2D eigenvalue weighted by atomic mass is 35.6. The number of halogens is 3. The van der Waals surface area contributed by atoms with Crippen molar-refractivity contribution in [3.05, 3.63) is 87.7 Å². The Morgan fingerprint density at radius 3 is 2.40 bits per heavy atom. The first-order valence-corrected chi connectivity index (χ1v) is 23.7. The number of rotatable bonds is 9. The summed E-state index contributed by atoms with van der Waals surface area (Å²) in [6.07, 6.45) is 11.4. The van der Waals surface area contributed by atoms with Gasteiger partial charge in [-0.25, -0.2) is 9.59 Å². The molecule has 5 heterocycles. The standard InChI is InChI=1S/C49H58Cl3N3O10/c1-8-28-17-29-22-47(43(58)62-6,34-19-30-11-12-31(39(57)64-26-48(50,51)52)18-32(30)33(34)25-54(23-28)24-29)36-20-35-37(21-38(36)61-5)53(4)41-46(35)14-16-55-15-10-13-45(9-2,40(46)55)42(65-27(3)56)49(41,60)44(59)63-7/h10-13,17-18,20-21,29,36,38,40-42,60H,8-9,14-16,19,22-26H2,1-7H3/t29-,36?,38?,40+,41-,42-,45-,46-,47-,49+/m1/s1. The summed E-state index contributed by atoms with van der Waals surface area (Å²) >= 11 is 17.8. The van der Waals surface area contributed by atoms with Crippen molar-refractivity contribution in [2.75, 3.05) is 67.7 Å². The zero-order valence-electron chi connectivity index (χ0n) is 38.0. The quantitative estimate of drug-likeness (QED) is 0.134. The number of methoxy groups -OCH3 is 3. The van der Waals surface area contributed by atoms with Crippen molar-refractivity contribution in [1.29, 1.82) is 0 Å².